The number of halogens is 1. The largest absolute Gasteiger partial charge is 0.457 e. The van der Waals surface area contributed by atoms with Gasteiger partial charge < -0.3 is 4.74 Å². The van der Waals surface area contributed by atoms with Gasteiger partial charge in [0.25, 0.3) is 0 Å². The molecule has 2 aromatic rings. The number of alkyl halides is 1. The maximum atomic E-state index is 6.21. The summed E-state index contributed by atoms with van der Waals surface area (Å²) in [6, 6.07) is 12.5. The predicted molar refractivity (Wildman–Crippen MR) is 90.7 cm³/mol. The summed E-state index contributed by atoms with van der Waals surface area (Å²) in [4.78, 5) is 0. The second-order valence-electron chi connectivity index (χ2n) is 6.60. The van der Waals surface area contributed by atoms with Crippen LogP contribution in [-0.2, 0) is 11.3 Å². The summed E-state index contributed by atoms with van der Waals surface area (Å²) in [6.07, 6.45) is 0. The van der Waals surface area contributed by atoms with Gasteiger partial charge in [-0.3, -0.25) is 0 Å². The van der Waals surface area contributed by atoms with Crippen LogP contribution in [0, 0.1) is 13.8 Å². The van der Waals surface area contributed by atoms with Gasteiger partial charge in [0.15, 0.2) is 0 Å². The highest BCUT2D eigenvalue weighted by molar-refractivity contribution is 6.17. The fourth-order valence-corrected chi connectivity index (χ4v) is 2.57. The first kappa shape index (κ1) is 15.9. The van der Waals surface area contributed by atoms with Gasteiger partial charge in [0.1, 0.15) is 11.5 Å². The van der Waals surface area contributed by atoms with Crippen molar-refractivity contribution in [3.05, 3.63) is 58.7 Å². The minimum atomic E-state index is 0.0366. The molecule has 0 amide bonds. The topological polar surface area (TPSA) is 9.23 Å². The molecule has 21 heavy (non-hydrogen) atoms. The van der Waals surface area contributed by atoms with E-state index in [9.17, 15) is 0 Å². The minimum Gasteiger partial charge on any atom is -0.457 e. The van der Waals surface area contributed by atoms with Gasteiger partial charge in [0.2, 0.25) is 0 Å². The van der Waals surface area contributed by atoms with Crippen LogP contribution in [0.3, 0.4) is 0 Å². The summed E-state index contributed by atoms with van der Waals surface area (Å²) < 4.78 is 6.21. The molecule has 0 bridgehead atoms. The van der Waals surface area contributed by atoms with Crippen LogP contribution >= 0.6 is 11.6 Å². The zero-order valence-corrected chi connectivity index (χ0v) is 14.2. The molecule has 0 aliphatic heterocycles. The molecule has 2 rings (SSSR count). The third-order valence-corrected chi connectivity index (χ3v) is 3.81. The molecule has 0 radical (unpaired) electrons. The summed E-state index contributed by atoms with van der Waals surface area (Å²) in [5, 5.41) is 0. The maximum absolute atomic E-state index is 6.21. The van der Waals surface area contributed by atoms with Gasteiger partial charge in [0, 0.05) is 11.1 Å². The highest BCUT2D eigenvalue weighted by atomic mass is 35.5. The molecule has 0 aliphatic carbocycles. The van der Waals surface area contributed by atoms with E-state index in [-0.39, 0.29) is 5.41 Å². The van der Waals surface area contributed by atoms with Gasteiger partial charge >= 0.3 is 0 Å². The predicted octanol–water partition coefficient (Wildman–Crippen LogP) is 6.13. The molecule has 2 heteroatoms. The van der Waals surface area contributed by atoms with Crippen molar-refractivity contribution >= 4 is 11.6 Å². The molecular formula is C19H23ClO. The Morgan fingerprint density at radius 1 is 0.905 bits per heavy atom. The molecule has 0 heterocycles. The van der Waals surface area contributed by atoms with Gasteiger partial charge in [-0.2, -0.15) is 0 Å². The lowest BCUT2D eigenvalue weighted by Crippen LogP contribution is -2.12. The summed E-state index contributed by atoms with van der Waals surface area (Å²) in [5.74, 6) is 2.21. The van der Waals surface area contributed by atoms with E-state index in [1.54, 1.807) is 0 Å². The van der Waals surface area contributed by atoms with Crippen LogP contribution in [0.15, 0.2) is 36.4 Å². The monoisotopic (exact) mass is 302 g/mol. The van der Waals surface area contributed by atoms with Crippen LogP contribution in [0.2, 0.25) is 0 Å². The van der Waals surface area contributed by atoms with Gasteiger partial charge in [-0.25, -0.2) is 0 Å². The summed E-state index contributed by atoms with van der Waals surface area (Å²) in [7, 11) is 0. The maximum Gasteiger partial charge on any atom is 0.131 e. The molecule has 0 fully saturated rings. The fraction of sp³-hybridized carbons (Fsp3) is 0.368. The van der Waals surface area contributed by atoms with E-state index >= 15 is 0 Å². The average Bonchev–Trinajstić information content (AvgIpc) is 2.39. The Morgan fingerprint density at radius 3 is 2.14 bits per heavy atom. The average molecular weight is 303 g/mol. The molecule has 2 aromatic carbocycles. The Morgan fingerprint density at radius 2 is 1.52 bits per heavy atom. The van der Waals surface area contributed by atoms with Crippen LogP contribution < -0.4 is 4.74 Å². The number of aryl methyl sites for hydroxylation is 2. The van der Waals surface area contributed by atoms with E-state index in [2.05, 4.69) is 65.0 Å². The van der Waals surface area contributed by atoms with Gasteiger partial charge in [-0.05, 0) is 37.0 Å². The number of ether oxygens (including phenoxy) is 1. The molecule has 0 N–H and O–H groups in total. The lowest BCUT2D eigenvalue weighted by atomic mass is 9.86. The van der Waals surface area contributed by atoms with Crippen LogP contribution in [0.5, 0.6) is 11.5 Å². The van der Waals surface area contributed by atoms with Gasteiger partial charge in [0.05, 0.1) is 5.88 Å². The molecular weight excluding hydrogens is 280 g/mol. The Labute approximate surface area is 132 Å². The number of benzene rings is 2. The molecule has 0 aromatic heterocycles. The number of hydrogen-bond acceptors (Lipinski definition) is 1. The van der Waals surface area contributed by atoms with E-state index in [0.29, 0.717) is 5.88 Å². The summed E-state index contributed by atoms with van der Waals surface area (Å²) >= 11 is 6.05. The standard InChI is InChI=1S/C19H23ClO/c1-13-7-9-17(15(10-13)12-20)21-18-11-14(2)6-8-16(18)19(3,4)5/h6-11H,12H2,1-5H3. The molecule has 1 nitrogen and oxygen atoms in total. The van der Waals surface area contributed by atoms with E-state index in [0.717, 1.165) is 17.1 Å². The highest BCUT2D eigenvalue weighted by Crippen LogP contribution is 2.36. The third-order valence-electron chi connectivity index (χ3n) is 3.52. The first-order valence-corrected chi connectivity index (χ1v) is 7.79. The summed E-state index contributed by atoms with van der Waals surface area (Å²) in [5.41, 5.74) is 4.65. The molecule has 0 spiro atoms. The fourth-order valence-electron chi connectivity index (χ4n) is 2.36. The zero-order valence-electron chi connectivity index (χ0n) is 13.5. The Bertz CT molecular complexity index is 638. The Balaban J connectivity index is 2.46. The highest BCUT2D eigenvalue weighted by Gasteiger charge is 2.20. The van der Waals surface area contributed by atoms with Crippen LogP contribution in [0.25, 0.3) is 0 Å². The number of hydrogen-bond donors (Lipinski definition) is 0. The van der Waals surface area contributed by atoms with Crippen molar-refractivity contribution in [1.82, 2.24) is 0 Å². The third kappa shape index (κ3) is 3.79. The van der Waals surface area contributed by atoms with Crippen LogP contribution in [-0.4, -0.2) is 0 Å². The first-order chi connectivity index (χ1) is 9.81. The molecule has 0 saturated heterocycles. The SMILES string of the molecule is Cc1ccc(Oc2cc(C)ccc2C(C)(C)C)c(CCl)c1. The lowest BCUT2D eigenvalue weighted by molar-refractivity contribution is 0.451. The molecule has 112 valence electrons. The van der Waals surface area contributed by atoms with E-state index in [4.69, 9.17) is 16.3 Å². The van der Waals surface area contributed by atoms with Crippen molar-refractivity contribution < 1.29 is 4.74 Å². The smallest absolute Gasteiger partial charge is 0.131 e. The van der Waals surface area contributed by atoms with E-state index < -0.39 is 0 Å². The second-order valence-corrected chi connectivity index (χ2v) is 6.86. The number of rotatable bonds is 3. The van der Waals surface area contributed by atoms with Crippen molar-refractivity contribution in [1.29, 1.82) is 0 Å². The summed E-state index contributed by atoms with van der Waals surface area (Å²) in [6.45, 7) is 10.7. The van der Waals surface area contributed by atoms with Crippen LogP contribution in [0.4, 0.5) is 0 Å². The van der Waals surface area contributed by atoms with E-state index in [1.165, 1.54) is 16.7 Å². The zero-order chi connectivity index (χ0) is 15.6. The normalized spacial score (nSPS) is 11.5. The quantitative estimate of drug-likeness (QED) is 0.619. The van der Waals surface area contributed by atoms with Gasteiger partial charge in [-0.1, -0.05) is 50.6 Å². The molecule has 0 unspecified atom stereocenters. The lowest BCUT2D eigenvalue weighted by Gasteiger charge is -2.23. The van der Waals surface area contributed by atoms with Crippen molar-refractivity contribution in [3.8, 4) is 11.5 Å². The van der Waals surface area contributed by atoms with Crippen molar-refractivity contribution in [2.45, 2.75) is 45.9 Å². The molecule has 0 atom stereocenters. The Hall–Kier alpha value is -1.47. The van der Waals surface area contributed by atoms with Crippen molar-refractivity contribution in [3.63, 3.8) is 0 Å². The van der Waals surface area contributed by atoms with Crippen LogP contribution in [0.1, 0.15) is 43.0 Å². The first-order valence-electron chi connectivity index (χ1n) is 7.26. The minimum absolute atomic E-state index is 0.0366. The van der Waals surface area contributed by atoms with Crippen molar-refractivity contribution in [2.75, 3.05) is 0 Å². The van der Waals surface area contributed by atoms with Crippen molar-refractivity contribution in [2.24, 2.45) is 0 Å². The molecule has 0 saturated carbocycles. The molecule has 0 aliphatic rings. The second kappa shape index (κ2) is 6.11. The van der Waals surface area contributed by atoms with E-state index in [1.807, 2.05) is 6.07 Å². The van der Waals surface area contributed by atoms with Gasteiger partial charge in [-0.15, -0.1) is 11.6 Å². The Kier molecular flexibility index (Phi) is 4.63.